The Morgan fingerprint density at radius 2 is 1.62 bits per heavy atom. The maximum Gasteiger partial charge on any atom is 0.514 e. The summed E-state index contributed by atoms with van der Waals surface area (Å²) in [6.45, 7) is 7.66. The zero-order valence-electron chi connectivity index (χ0n) is 22.6. The third-order valence-electron chi connectivity index (χ3n) is 5.34. The van der Waals surface area contributed by atoms with Crippen LogP contribution in [0, 0.1) is 6.92 Å². The molecule has 3 aromatic rings. The standard InChI is InChI=1S/C26H30N4O8S/c1-15-8-9-16(10-20(15)37-21-13-22(28-14-27-21)38-25(32)36-6)24(31)29-18-11-17(26(2,3)4)12-19(23(18)35-5)30-39(7,33)34/h8-14,30H,1-7H3,(H,29,31). The Labute approximate surface area is 226 Å². The Kier molecular flexibility index (Phi) is 8.64. The first-order valence-corrected chi connectivity index (χ1v) is 13.5. The average Bonchev–Trinajstić information content (AvgIpc) is 2.83. The Balaban J connectivity index is 1.94. The van der Waals surface area contributed by atoms with Crippen molar-refractivity contribution in [2.75, 3.05) is 30.5 Å². The predicted octanol–water partition coefficient (Wildman–Crippen LogP) is 4.65. The number of carbonyl (C=O) groups excluding carboxylic acids is 2. The number of hydrogen-bond acceptors (Lipinski definition) is 10. The second kappa shape index (κ2) is 11.6. The molecule has 0 saturated heterocycles. The second-order valence-corrected chi connectivity index (χ2v) is 11.3. The van der Waals surface area contributed by atoms with E-state index >= 15 is 0 Å². The van der Waals surface area contributed by atoms with Crippen molar-refractivity contribution >= 4 is 33.5 Å². The fourth-order valence-electron chi connectivity index (χ4n) is 3.37. The molecule has 0 aliphatic heterocycles. The molecule has 0 aliphatic rings. The summed E-state index contributed by atoms with van der Waals surface area (Å²) in [5, 5.41) is 2.81. The van der Waals surface area contributed by atoms with E-state index in [2.05, 4.69) is 24.7 Å². The van der Waals surface area contributed by atoms with Gasteiger partial charge in [0.1, 0.15) is 12.1 Å². The molecule has 39 heavy (non-hydrogen) atoms. The molecule has 208 valence electrons. The largest absolute Gasteiger partial charge is 0.514 e. The number of sulfonamides is 1. The molecule has 3 rings (SSSR count). The van der Waals surface area contributed by atoms with E-state index in [1.807, 2.05) is 20.8 Å². The van der Waals surface area contributed by atoms with Crippen LogP contribution in [0.15, 0.2) is 42.7 Å². The fraction of sp³-hybridized carbons (Fsp3) is 0.308. The van der Waals surface area contributed by atoms with Crippen molar-refractivity contribution in [2.24, 2.45) is 0 Å². The minimum absolute atomic E-state index is 0.0700. The molecule has 1 amide bonds. The van der Waals surface area contributed by atoms with Crippen molar-refractivity contribution in [3.8, 4) is 23.3 Å². The van der Waals surface area contributed by atoms with Crippen LogP contribution in [0.25, 0.3) is 0 Å². The number of amides is 1. The summed E-state index contributed by atoms with van der Waals surface area (Å²) in [5.74, 6) is -0.0278. The molecule has 0 bridgehead atoms. The maximum absolute atomic E-state index is 13.3. The zero-order chi connectivity index (χ0) is 29.0. The molecule has 12 nitrogen and oxygen atoms in total. The summed E-state index contributed by atoms with van der Waals surface area (Å²) in [6.07, 6.45) is 1.23. The van der Waals surface area contributed by atoms with E-state index in [0.717, 1.165) is 18.1 Å². The van der Waals surface area contributed by atoms with Crippen molar-refractivity contribution in [3.05, 3.63) is 59.4 Å². The number of benzene rings is 2. The first-order chi connectivity index (χ1) is 18.2. The molecule has 0 radical (unpaired) electrons. The van der Waals surface area contributed by atoms with E-state index in [9.17, 15) is 18.0 Å². The van der Waals surface area contributed by atoms with Gasteiger partial charge in [-0.2, -0.15) is 0 Å². The molecule has 1 aromatic heterocycles. The Bertz CT molecular complexity index is 1500. The Hall–Kier alpha value is -4.39. The summed E-state index contributed by atoms with van der Waals surface area (Å²) >= 11 is 0. The summed E-state index contributed by atoms with van der Waals surface area (Å²) in [6, 6.07) is 9.52. The van der Waals surface area contributed by atoms with Gasteiger partial charge in [0.2, 0.25) is 21.8 Å². The lowest BCUT2D eigenvalue weighted by Gasteiger charge is -2.24. The molecular weight excluding hydrogens is 528 g/mol. The minimum Gasteiger partial charge on any atom is -0.492 e. The molecular formula is C26H30N4O8S. The topological polar surface area (TPSA) is 155 Å². The van der Waals surface area contributed by atoms with Crippen LogP contribution in [0.4, 0.5) is 16.2 Å². The van der Waals surface area contributed by atoms with Gasteiger partial charge >= 0.3 is 6.16 Å². The average molecular weight is 559 g/mol. The lowest BCUT2D eigenvalue weighted by atomic mass is 9.86. The number of methoxy groups -OCH3 is 2. The van der Waals surface area contributed by atoms with Gasteiger partial charge in [0.15, 0.2) is 5.75 Å². The summed E-state index contributed by atoms with van der Waals surface area (Å²) < 4.78 is 47.1. The number of nitrogens with zero attached hydrogens (tertiary/aromatic N) is 2. The van der Waals surface area contributed by atoms with Crippen LogP contribution in [0.5, 0.6) is 23.3 Å². The maximum atomic E-state index is 13.3. The number of carbonyl (C=O) groups is 2. The number of aromatic nitrogens is 2. The highest BCUT2D eigenvalue weighted by molar-refractivity contribution is 7.92. The van der Waals surface area contributed by atoms with Gasteiger partial charge in [-0.3, -0.25) is 9.52 Å². The van der Waals surface area contributed by atoms with Gasteiger partial charge in [-0.25, -0.2) is 23.2 Å². The molecule has 0 atom stereocenters. The van der Waals surface area contributed by atoms with Gasteiger partial charge < -0.3 is 24.3 Å². The first-order valence-electron chi connectivity index (χ1n) is 11.6. The molecule has 2 aromatic carbocycles. The highest BCUT2D eigenvalue weighted by atomic mass is 32.2. The first kappa shape index (κ1) is 29.2. The van der Waals surface area contributed by atoms with E-state index in [1.54, 1.807) is 31.2 Å². The van der Waals surface area contributed by atoms with E-state index in [-0.39, 0.29) is 39.9 Å². The van der Waals surface area contributed by atoms with Crippen molar-refractivity contribution in [2.45, 2.75) is 33.1 Å². The molecule has 0 fully saturated rings. The SMILES string of the molecule is COC(=O)Oc1cc(Oc2cc(C(=O)Nc3cc(C(C)(C)C)cc(NS(C)(=O)=O)c3OC)ccc2C)ncn1. The van der Waals surface area contributed by atoms with Crippen LogP contribution in [0.1, 0.15) is 42.3 Å². The highest BCUT2D eigenvalue weighted by Gasteiger charge is 2.23. The van der Waals surface area contributed by atoms with Gasteiger partial charge in [0.05, 0.1) is 37.9 Å². The van der Waals surface area contributed by atoms with Gasteiger partial charge in [0, 0.05) is 5.56 Å². The van der Waals surface area contributed by atoms with E-state index in [4.69, 9.17) is 14.2 Å². The smallest absolute Gasteiger partial charge is 0.492 e. The van der Waals surface area contributed by atoms with Crippen LogP contribution >= 0.6 is 0 Å². The molecule has 2 N–H and O–H groups in total. The highest BCUT2D eigenvalue weighted by Crippen LogP contribution is 2.39. The number of anilines is 2. The normalized spacial score (nSPS) is 11.4. The Morgan fingerprint density at radius 3 is 2.23 bits per heavy atom. The van der Waals surface area contributed by atoms with Crippen LogP contribution in [-0.4, -0.2) is 50.9 Å². The van der Waals surface area contributed by atoms with Crippen LogP contribution in [-0.2, 0) is 20.2 Å². The summed E-state index contributed by atoms with van der Waals surface area (Å²) in [4.78, 5) is 32.5. The molecule has 0 spiro atoms. The molecule has 1 heterocycles. The molecule has 0 unspecified atom stereocenters. The second-order valence-electron chi connectivity index (χ2n) is 9.52. The predicted molar refractivity (Wildman–Crippen MR) is 144 cm³/mol. The number of ether oxygens (including phenoxy) is 4. The molecule has 0 saturated carbocycles. The number of nitrogens with one attached hydrogen (secondary N) is 2. The molecule has 13 heteroatoms. The number of rotatable bonds is 8. The van der Waals surface area contributed by atoms with Crippen molar-refractivity contribution in [1.29, 1.82) is 0 Å². The van der Waals surface area contributed by atoms with Crippen LogP contribution in [0.3, 0.4) is 0 Å². The monoisotopic (exact) mass is 558 g/mol. The Morgan fingerprint density at radius 1 is 0.949 bits per heavy atom. The van der Waals surface area contributed by atoms with E-state index in [0.29, 0.717) is 11.3 Å². The van der Waals surface area contributed by atoms with Gasteiger partial charge in [0.25, 0.3) is 5.91 Å². The summed E-state index contributed by atoms with van der Waals surface area (Å²) in [5.41, 5.74) is 1.84. The third-order valence-corrected chi connectivity index (χ3v) is 5.93. The lowest BCUT2D eigenvalue weighted by Crippen LogP contribution is -2.18. The third kappa shape index (κ3) is 7.80. The minimum atomic E-state index is -3.63. The van der Waals surface area contributed by atoms with Gasteiger partial charge in [-0.05, 0) is 47.7 Å². The van der Waals surface area contributed by atoms with Crippen LogP contribution in [0.2, 0.25) is 0 Å². The van der Waals surface area contributed by atoms with Gasteiger partial charge in [-0.1, -0.05) is 26.8 Å². The van der Waals surface area contributed by atoms with E-state index < -0.39 is 22.1 Å². The van der Waals surface area contributed by atoms with E-state index in [1.165, 1.54) is 26.4 Å². The summed E-state index contributed by atoms with van der Waals surface area (Å²) in [7, 11) is -1.08. The van der Waals surface area contributed by atoms with Crippen molar-refractivity contribution in [3.63, 3.8) is 0 Å². The van der Waals surface area contributed by atoms with Crippen molar-refractivity contribution < 1.29 is 37.0 Å². The van der Waals surface area contributed by atoms with Crippen LogP contribution < -0.4 is 24.2 Å². The molecule has 0 aliphatic carbocycles. The quantitative estimate of drug-likeness (QED) is 0.373. The fourth-order valence-corrected chi connectivity index (χ4v) is 3.92. The number of hydrogen-bond donors (Lipinski definition) is 2. The zero-order valence-corrected chi connectivity index (χ0v) is 23.4. The lowest BCUT2D eigenvalue weighted by molar-refractivity contribution is 0.102. The van der Waals surface area contributed by atoms with Gasteiger partial charge in [-0.15, -0.1) is 0 Å². The number of aryl methyl sites for hydroxylation is 1. The van der Waals surface area contributed by atoms with Crippen molar-refractivity contribution in [1.82, 2.24) is 9.97 Å².